The molecule has 2 atom stereocenters. The topological polar surface area (TPSA) is 43.8 Å². The van der Waals surface area contributed by atoms with Crippen LogP contribution in [0.15, 0.2) is 28.7 Å². The number of hydrogen-bond donors (Lipinski definition) is 1. The number of rotatable bonds is 1. The van der Waals surface area contributed by atoms with Gasteiger partial charge in [0.05, 0.1) is 6.04 Å². The third-order valence-electron chi connectivity index (χ3n) is 3.98. The molecule has 18 heavy (non-hydrogen) atoms. The van der Waals surface area contributed by atoms with Crippen LogP contribution in [0.4, 0.5) is 10.5 Å². The van der Waals surface area contributed by atoms with E-state index in [1.54, 1.807) is 4.90 Å². The van der Waals surface area contributed by atoms with Gasteiger partial charge in [0.2, 0.25) is 0 Å². The van der Waals surface area contributed by atoms with Crippen LogP contribution >= 0.6 is 15.9 Å². The molecule has 1 aromatic rings. The van der Waals surface area contributed by atoms with Gasteiger partial charge in [-0.2, -0.15) is 0 Å². The summed E-state index contributed by atoms with van der Waals surface area (Å²) in [6, 6.07) is 8.60. The predicted octanol–water partition coefficient (Wildman–Crippen LogP) is 2.64. The Hall–Kier alpha value is -1.23. The highest BCUT2D eigenvalue weighted by molar-refractivity contribution is 9.10. The lowest BCUT2D eigenvalue weighted by atomic mass is 10.1. The number of likely N-dealkylation sites (tertiary alicyclic amines) is 1. The van der Waals surface area contributed by atoms with E-state index in [0.29, 0.717) is 25.0 Å². The van der Waals surface area contributed by atoms with Crippen molar-refractivity contribution in [2.45, 2.75) is 12.5 Å². The first-order valence-electron chi connectivity index (χ1n) is 6.15. The first-order valence-corrected chi connectivity index (χ1v) is 6.94. The summed E-state index contributed by atoms with van der Waals surface area (Å²) in [4.78, 5) is 14.9. The molecule has 2 aliphatic rings. The molecule has 2 fully saturated rings. The fraction of sp³-hybridized carbons (Fsp3) is 0.462. The van der Waals surface area contributed by atoms with Crippen molar-refractivity contribution in [1.29, 1.82) is 0 Å². The predicted molar refractivity (Wildman–Crippen MR) is 73.0 cm³/mol. The summed E-state index contributed by atoms with van der Waals surface area (Å²) in [5, 5.41) is 9.06. The zero-order chi connectivity index (χ0) is 12.7. The minimum Gasteiger partial charge on any atom is -0.465 e. The van der Waals surface area contributed by atoms with E-state index in [-0.39, 0.29) is 0 Å². The Balaban J connectivity index is 1.79. The minimum atomic E-state index is -0.792. The number of nitrogens with zero attached hydrogens (tertiary/aromatic N) is 2. The molecular formula is C13H15BrN2O2. The van der Waals surface area contributed by atoms with Gasteiger partial charge >= 0.3 is 6.09 Å². The van der Waals surface area contributed by atoms with Gasteiger partial charge in [0.1, 0.15) is 0 Å². The van der Waals surface area contributed by atoms with Crippen molar-refractivity contribution in [3.8, 4) is 0 Å². The van der Waals surface area contributed by atoms with E-state index in [1.165, 1.54) is 5.69 Å². The highest BCUT2D eigenvalue weighted by atomic mass is 79.9. The normalized spacial score (nSPS) is 26.5. The molecule has 3 rings (SSSR count). The second kappa shape index (κ2) is 4.46. The number of benzene rings is 1. The number of carbonyl (C=O) groups is 1. The number of carboxylic acid groups (broad SMARTS) is 1. The molecule has 0 aromatic heterocycles. The largest absolute Gasteiger partial charge is 0.465 e. The molecule has 5 heteroatoms. The van der Waals surface area contributed by atoms with Crippen LogP contribution in [0.3, 0.4) is 0 Å². The highest BCUT2D eigenvalue weighted by Gasteiger charge is 2.42. The summed E-state index contributed by atoms with van der Waals surface area (Å²) in [6.07, 6.45) is 0.296. The molecule has 4 nitrogen and oxygen atoms in total. The molecule has 0 bridgehead atoms. The van der Waals surface area contributed by atoms with Crippen molar-refractivity contribution in [1.82, 2.24) is 4.90 Å². The standard InChI is InChI=1S/C13H15BrN2O2/c14-10-1-3-11(4-2-10)16-6-5-9-7-15(13(17)18)8-12(9)16/h1-4,9,12H,5-8H2,(H,17,18)/t9-,12+/m1/s1. The number of anilines is 1. The second-order valence-corrected chi connectivity index (χ2v) is 5.89. The molecule has 0 aliphatic carbocycles. The fourth-order valence-electron chi connectivity index (χ4n) is 3.07. The zero-order valence-electron chi connectivity index (χ0n) is 9.92. The number of hydrogen-bond acceptors (Lipinski definition) is 2. The lowest BCUT2D eigenvalue weighted by Gasteiger charge is -2.26. The number of fused-ring (bicyclic) bond motifs is 1. The maximum absolute atomic E-state index is 11.0. The van der Waals surface area contributed by atoms with E-state index >= 15 is 0 Å². The van der Waals surface area contributed by atoms with Crippen LogP contribution in [0.5, 0.6) is 0 Å². The van der Waals surface area contributed by atoms with E-state index in [9.17, 15) is 4.79 Å². The van der Waals surface area contributed by atoms with Gasteiger partial charge in [-0.3, -0.25) is 0 Å². The summed E-state index contributed by atoms with van der Waals surface area (Å²) in [7, 11) is 0. The Morgan fingerprint density at radius 3 is 2.67 bits per heavy atom. The van der Waals surface area contributed by atoms with E-state index in [1.807, 2.05) is 12.1 Å². The van der Waals surface area contributed by atoms with Crippen LogP contribution in [0.2, 0.25) is 0 Å². The molecule has 1 N–H and O–H groups in total. The van der Waals surface area contributed by atoms with Gasteiger partial charge in [-0.15, -0.1) is 0 Å². The van der Waals surface area contributed by atoms with Gasteiger partial charge < -0.3 is 14.9 Å². The fourth-order valence-corrected chi connectivity index (χ4v) is 3.34. The number of amides is 1. The molecule has 1 amide bonds. The van der Waals surface area contributed by atoms with Crippen LogP contribution in [0.25, 0.3) is 0 Å². The van der Waals surface area contributed by atoms with Crippen molar-refractivity contribution in [3.05, 3.63) is 28.7 Å². The van der Waals surface area contributed by atoms with Gasteiger partial charge in [0, 0.05) is 35.7 Å². The summed E-state index contributed by atoms with van der Waals surface area (Å²) >= 11 is 3.43. The maximum atomic E-state index is 11.0. The van der Waals surface area contributed by atoms with E-state index < -0.39 is 6.09 Å². The second-order valence-electron chi connectivity index (χ2n) is 4.97. The zero-order valence-corrected chi connectivity index (χ0v) is 11.5. The molecule has 0 unspecified atom stereocenters. The molecule has 2 saturated heterocycles. The summed E-state index contributed by atoms with van der Waals surface area (Å²) in [5.41, 5.74) is 1.19. The Kier molecular flexibility index (Phi) is 2.93. The van der Waals surface area contributed by atoms with E-state index in [2.05, 4.69) is 33.0 Å². The van der Waals surface area contributed by atoms with Crippen LogP contribution in [-0.4, -0.2) is 41.8 Å². The average molecular weight is 311 g/mol. The Morgan fingerprint density at radius 1 is 1.28 bits per heavy atom. The third-order valence-corrected chi connectivity index (χ3v) is 4.51. The van der Waals surface area contributed by atoms with Gasteiger partial charge in [0.15, 0.2) is 0 Å². The Morgan fingerprint density at radius 2 is 2.00 bits per heavy atom. The van der Waals surface area contributed by atoms with Crippen LogP contribution < -0.4 is 4.90 Å². The molecule has 96 valence electrons. The molecule has 2 aliphatic heterocycles. The first kappa shape index (κ1) is 11.8. The van der Waals surface area contributed by atoms with Crippen molar-refractivity contribution in [3.63, 3.8) is 0 Å². The van der Waals surface area contributed by atoms with Crippen molar-refractivity contribution in [2.75, 3.05) is 24.5 Å². The lowest BCUT2D eigenvalue weighted by molar-refractivity contribution is 0.153. The van der Waals surface area contributed by atoms with Crippen LogP contribution in [-0.2, 0) is 0 Å². The molecule has 2 heterocycles. The Labute approximate surface area is 114 Å². The summed E-state index contributed by atoms with van der Waals surface area (Å²) in [5.74, 6) is 0.491. The monoisotopic (exact) mass is 310 g/mol. The van der Waals surface area contributed by atoms with Gasteiger partial charge in [0.25, 0.3) is 0 Å². The molecule has 0 spiro atoms. The average Bonchev–Trinajstić information content (AvgIpc) is 2.89. The van der Waals surface area contributed by atoms with Gasteiger partial charge in [-0.25, -0.2) is 4.79 Å². The van der Waals surface area contributed by atoms with E-state index in [0.717, 1.165) is 17.4 Å². The van der Waals surface area contributed by atoms with Crippen molar-refractivity contribution < 1.29 is 9.90 Å². The minimum absolute atomic E-state index is 0.349. The molecule has 0 saturated carbocycles. The summed E-state index contributed by atoms with van der Waals surface area (Å²) in [6.45, 7) is 2.35. The van der Waals surface area contributed by atoms with Gasteiger partial charge in [-0.05, 0) is 30.7 Å². The molecule has 0 radical (unpaired) electrons. The van der Waals surface area contributed by atoms with Crippen LogP contribution in [0.1, 0.15) is 6.42 Å². The summed E-state index contributed by atoms with van der Waals surface area (Å²) < 4.78 is 1.07. The van der Waals surface area contributed by atoms with Crippen molar-refractivity contribution in [2.24, 2.45) is 5.92 Å². The van der Waals surface area contributed by atoms with E-state index in [4.69, 9.17) is 5.11 Å². The van der Waals surface area contributed by atoms with Crippen LogP contribution in [0, 0.1) is 5.92 Å². The SMILES string of the molecule is O=C(O)N1C[C@H]2CCN(c3ccc(Br)cc3)[C@H]2C1. The highest BCUT2D eigenvalue weighted by Crippen LogP contribution is 2.35. The third kappa shape index (κ3) is 1.96. The molecular weight excluding hydrogens is 296 g/mol. The lowest BCUT2D eigenvalue weighted by Crippen LogP contribution is -2.36. The van der Waals surface area contributed by atoms with Gasteiger partial charge in [-0.1, -0.05) is 15.9 Å². The smallest absolute Gasteiger partial charge is 0.407 e. The number of halogens is 1. The molecule has 1 aromatic carbocycles. The van der Waals surface area contributed by atoms with Crippen molar-refractivity contribution >= 4 is 27.7 Å². The first-order chi connectivity index (χ1) is 8.65. The Bertz CT molecular complexity index is 463. The maximum Gasteiger partial charge on any atom is 0.407 e. The quantitative estimate of drug-likeness (QED) is 0.867.